The Kier molecular flexibility index (Phi) is 4.58. The molecule has 0 spiro atoms. The van der Waals surface area contributed by atoms with Gasteiger partial charge in [0, 0.05) is 13.1 Å². The molecular weight excluding hydrogens is 251 g/mol. The zero-order chi connectivity index (χ0) is 12.9. The van der Waals surface area contributed by atoms with Crippen LogP contribution < -0.4 is 0 Å². The molecule has 0 N–H and O–H groups in total. The Labute approximate surface area is 101 Å². The Hall–Kier alpha value is -1.48. The van der Waals surface area contributed by atoms with Crippen molar-refractivity contribution in [1.82, 2.24) is 4.98 Å². The second-order valence-electron chi connectivity index (χ2n) is 3.01. The summed E-state index contributed by atoms with van der Waals surface area (Å²) in [6, 6.07) is 1.76. The first kappa shape index (κ1) is 13.6. The van der Waals surface area contributed by atoms with Crippen LogP contribution in [-0.2, 0) is 11.0 Å². The van der Waals surface area contributed by atoms with Gasteiger partial charge in [-0.2, -0.15) is 13.2 Å². The molecule has 0 aliphatic rings. The molecule has 0 aromatic carbocycles. The maximum Gasteiger partial charge on any atom is 0.416 e. The topological polar surface area (TPSA) is 30.0 Å². The van der Waals surface area contributed by atoms with Crippen molar-refractivity contribution in [3.8, 4) is 11.8 Å². The zero-order valence-electron chi connectivity index (χ0n) is 8.84. The highest BCUT2D eigenvalue weighted by atomic mass is 32.2. The average Bonchev–Trinajstić information content (AvgIpc) is 2.23. The Bertz CT molecular complexity index is 474. The largest absolute Gasteiger partial charge is 0.416 e. The molecule has 6 heteroatoms. The van der Waals surface area contributed by atoms with E-state index >= 15 is 0 Å². The van der Waals surface area contributed by atoms with E-state index in [2.05, 4.69) is 16.8 Å². The van der Waals surface area contributed by atoms with Gasteiger partial charge in [-0.25, -0.2) is 4.98 Å². The van der Waals surface area contributed by atoms with Crippen LogP contribution in [0, 0.1) is 11.8 Å². The second kappa shape index (κ2) is 5.73. The summed E-state index contributed by atoms with van der Waals surface area (Å²) in [7, 11) is 0. The highest BCUT2D eigenvalue weighted by Crippen LogP contribution is 2.28. The standard InChI is InChI=1S/C11H8F3NOS/c1-8(16)17-6-2-3-10-7-9(4-5-15-10)11(12,13)14/h4-5,7H,6H2,1H3. The average molecular weight is 259 g/mol. The molecule has 1 rings (SSSR count). The minimum atomic E-state index is -4.40. The first-order valence-corrected chi connectivity index (χ1v) is 5.53. The summed E-state index contributed by atoms with van der Waals surface area (Å²) in [6.45, 7) is 1.40. The third-order valence-electron chi connectivity index (χ3n) is 1.65. The van der Waals surface area contributed by atoms with Crippen LogP contribution in [0.5, 0.6) is 0 Å². The van der Waals surface area contributed by atoms with Crippen molar-refractivity contribution in [2.75, 3.05) is 5.75 Å². The smallest absolute Gasteiger partial charge is 0.288 e. The van der Waals surface area contributed by atoms with E-state index in [4.69, 9.17) is 0 Å². The van der Waals surface area contributed by atoms with Gasteiger partial charge in [0.1, 0.15) is 5.69 Å². The Balaban J connectivity index is 2.76. The van der Waals surface area contributed by atoms with Crippen molar-refractivity contribution in [2.45, 2.75) is 13.1 Å². The molecule has 0 aliphatic carbocycles. The molecule has 90 valence electrons. The van der Waals surface area contributed by atoms with E-state index in [1.807, 2.05) is 0 Å². The van der Waals surface area contributed by atoms with Crippen molar-refractivity contribution >= 4 is 16.9 Å². The van der Waals surface area contributed by atoms with Crippen LogP contribution in [0.25, 0.3) is 0 Å². The monoisotopic (exact) mass is 259 g/mol. The molecule has 1 heterocycles. The Morgan fingerprint density at radius 2 is 2.24 bits per heavy atom. The fraction of sp³-hybridized carbons (Fsp3) is 0.273. The summed E-state index contributed by atoms with van der Waals surface area (Å²) in [5.74, 6) is 5.30. The molecule has 0 saturated heterocycles. The number of nitrogens with zero attached hydrogens (tertiary/aromatic N) is 1. The number of thioether (sulfide) groups is 1. The predicted octanol–water partition coefficient (Wildman–Crippen LogP) is 2.73. The normalized spacial score (nSPS) is 10.6. The van der Waals surface area contributed by atoms with Crippen LogP contribution in [0.1, 0.15) is 18.2 Å². The highest BCUT2D eigenvalue weighted by Gasteiger charge is 2.30. The number of hydrogen-bond donors (Lipinski definition) is 0. The molecule has 1 aromatic heterocycles. The van der Waals surface area contributed by atoms with E-state index in [0.717, 1.165) is 30.1 Å². The van der Waals surface area contributed by atoms with Gasteiger partial charge < -0.3 is 0 Å². The number of rotatable bonds is 1. The van der Waals surface area contributed by atoms with Crippen molar-refractivity contribution in [3.05, 3.63) is 29.6 Å². The lowest BCUT2D eigenvalue weighted by molar-refractivity contribution is -0.137. The molecule has 0 saturated carbocycles. The molecule has 2 nitrogen and oxygen atoms in total. The van der Waals surface area contributed by atoms with Crippen LogP contribution in [0.3, 0.4) is 0 Å². The number of pyridine rings is 1. The molecule has 0 amide bonds. The summed E-state index contributed by atoms with van der Waals surface area (Å²) in [5.41, 5.74) is -0.736. The van der Waals surface area contributed by atoms with Gasteiger partial charge in [0.15, 0.2) is 5.12 Å². The SMILES string of the molecule is CC(=O)SCC#Cc1cc(C(F)(F)F)ccn1. The van der Waals surface area contributed by atoms with Gasteiger partial charge >= 0.3 is 6.18 Å². The van der Waals surface area contributed by atoms with Crippen molar-refractivity contribution in [2.24, 2.45) is 0 Å². The second-order valence-corrected chi connectivity index (χ2v) is 4.16. The summed E-state index contributed by atoms with van der Waals surface area (Å²) < 4.78 is 37.0. The summed E-state index contributed by atoms with van der Waals surface area (Å²) in [5, 5.41) is -0.0868. The number of aromatic nitrogens is 1. The predicted molar refractivity (Wildman–Crippen MR) is 59.3 cm³/mol. The quantitative estimate of drug-likeness (QED) is 0.726. The van der Waals surface area contributed by atoms with Crippen LogP contribution in [-0.4, -0.2) is 15.9 Å². The third-order valence-corrected chi connectivity index (χ3v) is 2.35. The van der Waals surface area contributed by atoms with Crippen molar-refractivity contribution in [1.29, 1.82) is 0 Å². The first-order valence-electron chi connectivity index (χ1n) is 4.55. The van der Waals surface area contributed by atoms with Gasteiger partial charge in [0.25, 0.3) is 0 Å². The van der Waals surface area contributed by atoms with E-state index in [1.54, 1.807) is 0 Å². The lowest BCUT2D eigenvalue weighted by Gasteiger charge is -2.05. The maximum atomic E-state index is 12.3. The van der Waals surface area contributed by atoms with E-state index in [0.29, 0.717) is 0 Å². The van der Waals surface area contributed by atoms with Crippen LogP contribution in [0.2, 0.25) is 0 Å². The molecule has 0 radical (unpaired) electrons. The number of carbonyl (C=O) groups is 1. The van der Waals surface area contributed by atoms with Gasteiger partial charge in [0.05, 0.1) is 11.3 Å². The van der Waals surface area contributed by atoms with Crippen molar-refractivity contribution < 1.29 is 18.0 Å². The Morgan fingerprint density at radius 1 is 1.53 bits per heavy atom. The van der Waals surface area contributed by atoms with Crippen molar-refractivity contribution in [3.63, 3.8) is 0 Å². The molecular formula is C11H8F3NOS. The highest BCUT2D eigenvalue weighted by molar-refractivity contribution is 8.13. The van der Waals surface area contributed by atoms with Gasteiger partial charge in [-0.1, -0.05) is 17.7 Å². The molecule has 0 unspecified atom stereocenters. The van der Waals surface area contributed by atoms with Gasteiger partial charge in [-0.05, 0) is 18.1 Å². The van der Waals surface area contributed by atoms with Gasteiger partial charge in [0.2, 0.25) is 0 Å². The first-order chi connectivity index (χ1) is 7.89. The maximum absolute atomic E-state index is 12.3. The van der Waals surface area contributed by atoms with Crippen LogP contribution in [0.4, 0.5) is 13.2 Å². The van der Waals surface area contributed by atoms with Crippen LogP contribution >= 0.6 is 11.8 Å². The lowest BCUT2D eigenvalue weighted by Crippen LogP contribution is -2.05. The van der Waals surface area contributed by atoms with Crippen LogP contribution in [0.15, 0.2) is 18.3 Å². The summed E-state index contributed by atoms with van der Waals surface area (Å²) in [6.07, 6.45) is -3.33. The number of carbonyl (C=O) groups excluding carboxylic acids is 1. The molecule has 0 fully saturated rings. The molecule has 1 aromatic rings. The lowest BCUT2D eigenvalue weighted by atomic mass is 10.2. The van der Waals surface area contributed by atoms with Gasteiger partial charge in [-0.15, -0.1) is 0 Å². The fourth-order valence-electron chi connectivity index (χ4n) is 0.940. The minimum Gasteiger partial charge on any atom is -0.288 e. The molecule has 0 aliphatic heterocycles. The molecule has 0 bridgehead atoms. The number of hydrogen-bond acceptors (Lipinski definition) is 3. The van der Waals surface area contributed by atoms with Gasteiger partial charge in [-0.3, -0.25) is 4.79 Å². The summed E-state index contributed by atoms with van der Waals surface area (Å²) >= 11 is 0.998. The fourth-order valence-corrected chi connectivity index (χ4v) is 1.29. The van der Waals surface area contributed by atoms with E-state index in [1.165, 1.54) is 6.92 Å². The van der Waals surface area contributed by atoms with E-state index in [-0.39, 0.29) is 16.6 Å². The molecule has 17 heavy (non-hydrogen) atoms. The third kappa shape index (κ3) is 4.91. The number of halogens is 3. The Morgan fingerprint density at radius 3 is 2.82 bits per heavy atom. The van der Waals surface area contributed by atoms with E-state index < -0.39 is 11.7 Å². The molecule has 0 atom stereocenters. The number of alkyl halides is 3. The zero-order valence-corrected chi connectivity index (χ0v) is 9.65. The van der Waals surface area contributed by atoms with E-state index in [9.17, 15) is 18.0 Å². The minimum absolute atomic E-state index is 0.0453. The summed E-state index contributed by atoms with van der Waals surface area (Å²) in [4.78, 5) is 14.3.